The zero-order valence-electron chi connectivity index (χ0n) is 11.6. The summed E-state index contributed by atoms with van der Waals surface area (Å²) in [7, 11) is 0. The number of alkyl halides is 3. The molecule has 1 aromatic carbocycles. The van der Waals surface area contributed by atoms with Gasteiger partial charge in [0.05, 0.1) is 11.3 Å². The van der Waals surface area contributed by atoms with E-state index in [0.29, 0.717) is 11.0 Å². The maximum atomic E-state index is 12.8. The van der Waals surface area contributed by atoms with Crippen LogP contribution in [0.4, 0.5) is 18.9 Å². The van der Waals surface area contributed by atoms with Crippen molar-refractivity contribution in [2.75, 3.05) is 4.90 Å². The number of carbonyl (C=O) groups excluding carboxylic acids is 3. The summed E-state index contributed by atoms with van der Waals surface area (Å²) in [5.41, 5.74) is -1.42. The van der Waals surface area contributed by atoms with Crippen LogP contribution in [0.25, 0.3) is 0 Å². The van der Waals surface area contributed by atoms with Gasteiger partial charge in [0, 0.05) is 6.92 Å². The molecule has 0 bridgehead atoms. The molecular weight excluding hydrogens is 317 g/mol. The number of fused-ring (bicyclic) bond motifs is 1. The number of carbonyl (C=O) groups is 3. The maximum absolute atomic E-state index is 12.8. The highest BCUT2D eigenvalue weighted by atomic mass is 19.4. The van der Waals surface area contributed by atoms with Gasteiger partial charge in [-0.05, 0) is 18.2 Å². The van der Waals surface area contributed by atoms with Crippen molar-refractivity contribution in [3.8, 4) is 0 Å². The molecule has 0 N–H and O–H groups in total. The predicted molar refractivity (Wildman–Crippen MR) is 70.4 cm³/mol. The summed E-state index contributed by atoms with van der Waals surface area (Å²) >= 11 is 0. The summed E-state index contributed by atoms with van der Waals surface area (Å²) < 4.78 is 38.3. The number of benzene rings is 1. The molecule has 3 rings (SSSR count). The van der Waals surface area contributed by atoms with Gasteiger partial charge in [-0.25, -0.2) is 4.90 Å². The van der Waals surface area contributed by atoms with E-state index in [2.05, 4.69) is 5.16 Å². The lowest BCUT2D eigenvalue weighted by Crippen LogP contribution is -2.34. The number of hydrogen-bond acceptors (Lipinski definition) is 5. The van der Waals surface area contributed by atoms with Crippen molar-refractivity contribution in [2.24, 2.45) is 11.1 Å². The van der Waals surface area contributed by atoms with Gasteiger partial charge in [-0.2, -0.15) is 13.2 Å². The minimum atomic E-state index is -4.61. The number of Topliss-reactive ketones (excluding diaryl/α,β-unsaturated/α-hetero) is 1. The Balaban J connectivity index is 2.00. The van der Waals surface area contributed by atoms with Crippen LogP contribution in [0.1, 0.15) is 12.5 Å². The number of oxime groups is 1. The second kappa shape index (κ2) is 4.90. The minimum Gasteiger partial charge on any atom is -0.381 e. The second-order valence-electron chi connectivity index (χ2n) is 5.10. The fraction of sp³-hybridized carbons (Fsp3) is 0.286. The number of imide groups is 1. The first-order valence-corrected chi connectivity index (χ1v) is 6.51. The van der Waals surface area contributed by atoms with Gasteiger partial charge in [0.25, 0.3) is 5.91 Å². The summed E-state index contributed by atoms with van der Waals surface area (Å²) in [6.07, 6.45) is -5.92. The lowest BCUT2D eigenvalue weighted by atomic mass is 9.97. The van der Waals surface area contributed by atoms with Crippen LogP contribution in [0.5, 0.6) is 0 Å². The average Bonchev–Trinajstić information content (AvgIpc) is 3.00. The Morgan fingerprint density at radius 1 is 1.26 bits per heavy atom. The normalized spacial score (nSPS) is 23.7. The lowest BCUT2D eigenvalue weighted by molar-refractivity contribution is -0.137. The van der Waals surface area contributed by atoms with Crippen molar-refractivity contribution in [1.29, 1.82) is 0 Å². The van der Waals surface area contributed by atoms with Crippen LogP contribution in [-0.4, -0.2) is 29.4 Å². The summed E-state index contributed by atoms with van der Waals surface area (Å²) in [6, 6.07) is 3.82. The van der Waals surface area contributed by atoms with E-state index in [1.165, 1.54) is 6.07 Å². The number of hydrogen-bond donors (Lipinski definition) is 0. The first-order valence-electron chi connectivity index (χ1n) is 6.51. The molecule has 23 heavy (non-hydrogen) atoms. The third-order valence-electron chi connectivity index (χ3n) is 3.60. The molecular formula is C14H9F3N2O4. The molecule has 120 valence electrons. The maximum Gasteiger partial charge on any atom is 0.416 e. The molecule has 2 atom stereocenters. The molecule has 0 aromatic heterocycles. The predicted octanol–water partition coefficient (Wildman–Crippen LogP) is 1.54. The highest BCUT2D eigenvalue weighted by molar-refractivity contribution is 6.47. The van der Waals surface area contributed by atoms with E-state index in [-0.39, 0.29) is 11.4 Å². The molecule has 0 aliphatic carbocycles. The third kappa shape index (κ3) is 2.28. The van der Waals surface area contributed by atoms with Crippen molar-refractivity contribution in [3.63, 3.8) is 0 Å². The van der Waals surface area contributed by atoms with Crippen molar-refractivity contribution < 1.29 is 32.4 Å². The first kappa shape index (κ1) is 15.2. The Labute approximate surface area is 127 Å². The zero-order chi connectivity index (χ0) is 16.9. The van der Waals surface area contributed by atoms with Crippen molar-refractivity contribution >= 4 is 29.0 Å². The van der Waals surface area contributed by atoms with Crippen molar-refractivity contribution in [2.45, 2.75) is 19.2 Å². The van der Waals surface area contributed by atoms with Crippen LogP contribution in [0.3, 0.4) is 0 Å². The number of rotatable bonds is 2. The largest absolute Gasteiger partial charge is 0.416 e. The Kier molecular flexibility index (Phi) is 3.24. The second-order valence-corrected chi connectivity index (χ2v) is 5.10. The number of halogens is 3. The highest BCUT2D eigenvalue weighted by Crippen LogP contribution is 2.36. The van der Waals surface area contributed by atoms with E-state index in [1.54, 1.807) is 0 Å². The topological polar surface area (TPSA) is 76.0 Å². The summed E-state index contributed by atoms with van der Waals surface area (Å²) in [5, 5.41) is 3.42. The van der Waals surface area contributed by atoms with Gasteiger partial charge < -0.3 is 4.84 Å². The molecule has 0 spiro atoms. The van der Waals surface area contributed by atoms with Gasteiger partial charge in [-0.1, -0.05) is 11.2 Å². The lowest BCUT2D eigenvalue weighted by Gasteiger charge is -2.17. The highest BCUT2D eigenvalue weighted by Gasteiger charge is 2.57. The number of anilines is 1. The van der Waals surface area contributed by atoms with Crippen molar-refractivity contribution in [1.82, 2.24) is 0 Å². The van der Waals surface area contributed by atoms with E-state index in [0.717, 1.165) is 19.1 Å². The first-order chi connectivity index (χ1) is 10.7. The van der Waals surface area contributed by atoms with E-state index >= 15 is 0 Å². The quantitative estimate of drug-likeness (QED) is 0.773. The standard InChI is InChI=1S/C14H9F3N2O4/c1-6(20)10-9-11(23-18-10)13(22)19(12(9)21)8-4-2-3-7(5-8)14(15,16)17/h2-5,9,11H,1H3/t9-,11+/m1/s1. The summed E-state index contributed by atoms with van der Waals surface area (Å²) in [4.78, 5) is 41.5. The Hall–Kier alpha value is -2.71. The van der Waals surface area contributed by atoms with Crippen LogP contribution < -0.4 is 4.90 Å². The Morgan fingerprint density at radius 2 is 1.96 bits per heavy atom. The molecule has 6 nitrogen and oxygen atoms in total. The number of ketones is 1. The molecule has 0 unspecified atom stereocenters. The van der Waals surface area contributed by atoms with Gasteiger partial charge in [0.2, 0.25) is 12.0 Å². The monoisotopic (exact) mass is 326 g/mol. The fourth-order valence-corrected chi connectivity index (χ4v) is 2.54. The van der Waals surface area contributed by atoms with Crippen LogP contribution in [0, 0.1) is 5.92 Å². The Morgan fingerprint density at radius 3 is 2.57 bits per heavy atom. The zero-order valence-corrected chi connectivity index (χ0v) is 11.6. The molecule has 0 saturated carbocycles. The van der Waals surface area contributed by atoms with Crippen LogP contribution in [-0.2, 0) is 25.4 Å². The van der Waals surface area contributed by atoms with Gasteiger partial charge in [-0.15, -0.1) is 0 Å². The minimum absolute atomic E-state index is 0.206. The van der Waals surface area contributed by atoms with E-state index in [9.17, 15) is 27.6 Å². The molecule has 1 saturated heterocycles. The SMILES string of the molecule is CC(=O)C1=NO[C@@H]2C(=O)N(c3cccc(C(F)(F)F)c3)C(=O)[C@H]12. The van der Waals surface area contributed by atoms with Crippen molar-refractivity contribution in [3.05, 3.63) is 29.8 Å². The summed E-state index contributed by atoms with van der Waals surface area (Å²) in [6.45, 7) is 1.16. The third-order valence-corrected chi connectivity index (χ3v) is 3.60. The summed E-state index contributed by atoms with van der Waals surface area (Å²) in [5.74, 6) is -3.43. The van der Waals surface area contributed by atoms with Gasteiger partial charge in [0.1, 0.15) is 11.6 Å². The van der Waals surface area contributed by atoms with Crippen LogP contribution >= 0.6 is 0 Å². The van der Waals surface area contributed by atoms with Gasteiger partial charge in [-0.3, -0.25) is 14.4 Å². The fourth-order valence-electron chi connectivity index (χ4n) is 2.54. The van der Waals surface area contributed by atoms with Crippen LogP contribution in [0.2, 0.25) is 0 Å². The number of amides is 2. The molecule has 2 aliphatic rings. The molecule has 1 fully saturated rings. The van der Waals surface area contributed by atoms with Gasteiger partial charge >= 0.3 is 6.18 Å². The smallest absolute Gasteiger partial charge is 0.381 e. The molecule has 2 aliphatic heterocycles. The van der Waals surface area contributed by atoms with Gasteiger partial charge in [0.15, 0.2) is 5.78 Å². The number of nitrogens with zero attached hydrogens (tertiary/aromatic N) is 2. The molecule has 2 heterocycles. The molecule has 0 radical (unpaired) electrons. The van der Waals surface area contributed by atoms with E-state index in [1.807, 2.05) is 0 Å². The molecule has 9 heteroatoms. The van der Waals surface area contributed by atoms with E-state index < -0.39 is 41.4 Å². The van der Waals surface area contributed by atoms with E-state index in [4.69, 9.17) is 4.84 Å². The van der Waals surface area contributed by atoms with Crippen LogP contribution in [0.15, 0.2) is 29.4 Å². The average molecular weight is 326 g/mol. The Bertz CT molecular complexity index is 757. The molecule has 1 aromatic rings. The molecule has 2 amide bonds.